The molecule has 1 aromatic heterocycles. The van der Waals surface area contributed by atoms with E-state index in [9.17, 15) is 0 Å². The number of rotatable bonds is 2. The quantitative estimate of drug-likeness (QED) is 0.910. The van der Waals surface area contributed by atoms with Crippen molar-refractivity contribution in [3.63, 3.8) is 0 Å². The molecule has 2 aromatic rings. The van der Waals surface area contributed by atoms with Crippen LogP contribution in [0.2, 0.25) is 0 Å². The molecule has 0 fully saturated rings. The van der Waals surface area contributed by atoms with Crippen LogP contribution in [0, 0.1) is 0 Å². The Kier molecular flexibility index (Phi) is 2.76. The number of aliphatic hydroxyl groups is 1. The molecule has 2 rings (SSSR count). The molecule has 0 bridgehead atoms. The number of thiophene rings is 1. The van der Waals surface area contributed by atoms with Gasteiger partial charge in [0.05, 0.1) is 13.7 Å². The Hall–Kier alpha value is -0.580. The van der Waals surface area contributed by atoms with E-state index in [1.54, 1.807) is 18.4 Å². The van der Waals surface area contributed by atoms with Crippen LogP contribution < -0.4 is 4.74 Å². The minimum atomic E-state index is 0.0523. The van der Waals surface area contributed by atoms with Crippen molar-refractivity contribution >= 4 is 37.4 Å². The third-order valence-corrected chi connectivity index (χ3v) is 3.76. The summed E-state index contributed by atoms with van der Waals surface area (Å²) in [4.78, 5) is 0. The largest absolute Gasteiger partial charge is 0.495 e. The summed E-state index contributed by atoms with van der Waals surface area (Å²) in [5.41, 5.74) is 0.905. The van der Waals surface area contributed by atoms with Gasteiger partial charge >= 0.3 is 0 Å². The van der Waals surface area contributed by atoms with Gasteiger partial charge in [0, 0.05) is 19.9 Å². The van der Waals surface area contributed by atoms with Gasteiger partial charge in [-0.3, -0.25) is 0 Å². The maximum atomic E-state index is 9.09. The molecule has 1 heterocycles. The van der Waals surface area contributed by atoms with Crippen molar-refractivity contribution in [2.45, 2.75) is 6.61 Å². The van der Waals surface area contributed by atoms with Gasteiger partial charge in [-0.1, -0.05) is 15.9 Å². The third-order valence-electron chi connectivity index (χ3n) is 2.10. The second kappa shape index (κ2) is 3.88. The lowest BCUT2D eigenvalue weighted by atomic mass is 10.2. The summed E-state index contributed by atoms with van der Waals surface area (Å²) in [5.74, 6) is 0.884. The zero-order valence-electron chi connectivity index (χ0n) is 7.58. The maximum absolute atomic E-state index is 9.09. The molecule has 0 aliphatic rings. The first-order valence-corrected chi connectivity index (χ1v) is 5.78. The molecule has 1 aromatic carbocycles. The lowest BCUT2D eigenvalue weighted by Crippen LogP contribution is -1.85. The van der Waals surface area contributed by atoms with Gasteiger partial charge in [0.25, 0.3) is 0 Å². The number of hydrogen-bond acceptors (Lipinski definition) is 3. The Morgan fingerprint density at radius 3 is 2.93 bits per heavy atom. The number of aliphatic hydroxyl groups excluding tert-OH is 1. The van der Waals surface area contributed by atoms with Crippen molar-refractivity contribution in [2.24, 2.45) is 0 Å². The van der Waals surface area contributed by atoms with E-state index >= 15 is 0 Å². The van der Waals surface area contributed by atoms with Crippen LogP contribution in [-0.2, 0) is 6.61 Å². The molecule has 4 heteroatoms. The van der Waals surface area contributed by atoms with Crippen LogP contribution in [0.1, 0.15) is 5.56 Å². The van der Waals surface area contributed by atoms with Crippen molar-refractivity contribution in [3.05, 3.63) is 27.5 Å². The standard InChI is InChI=1S/C10H9BrO2S/c1-13-9-5-14-10-2-6(4-12)8(11)3-7(9)10/h2-3,5,12H,4H2,1H3. The van der Waals surface area contributed by atoms with Crippen LogP contribution >= 0.6 is 27.3 Å². The highest BCUT2D eigenvalue weighted by Crippen LogP contribution is 2.35. The highest BCUT2D eigenvalue weighted by Gasteiger charge is 2.07. The Labute approximate surface area is 94.3 Å². The van der Waals surface area contributed by atoms with Gasteiger partial charge in [-0.15, -0.1) is 11.3 Å². The van der Waals surface area contributed by atoms with Gasteiger partial charge < -0.3 is 9.84 Å². The molecule has 0 unspecified atom stereocenters. The lowest BCUT2D eigenvalue weighted by molar-refractivity contribution is 0.281. The number of fused-ring (bicyclic) bond motifs is 1. The summed E-state index contributed by atoms with van der Waals surface area (Å²) in [7, 11) is 1.66. The molecule has 0 radical (unpaired) electrons. The first-order valence-electron chi connectivity index (χ1n) is 4.10. The monoisotopic (exact) mass is 272 g/mol. The lowest BCUT2D eigenvalue weighted by Gasteiger charge is -2.02. The van der Waals surface area contributed by atoms with E-state index in [0.29, 0.717) is 0 Å². The van der Waals surface area contributed by atoms with Crippen molar-refractivity contribution in [1.82, 2.24) is 0 Å². The van der Waals surface area contributed by atoms with Crippen LogP contribution in [0.4, 0.5) is 0 Å². The van der Waals surface area contributed by atoms with Gasteiger partial charge in [-0.05, 0) is 17.7 Å². The molecule has 0 amide bonds. The minimum Gasteiger partial charge on any atom is -0.495 e. The predicted molar refractivity (Wildman–Crippen MR) is 62.0 cm³/mol. The van der Waals surface area contributed by atoms with E-state index in [2.05, 4.69) is 15.9 Å². The van der Waals surface area contributed by atoms with Crippen molar-refractivity contribution in [2.75, 3.05) is 7.11 Å². The van der Waals surface area contributed by atoms with Crippen molar-refractivity contribution in [1.29, 1.82) is 0 Å². The Balaban J connectivity index is 2.69. The molecule has 2 nitrogen and oxygen atoms in total. The van der Waals surface area contributed by atoms with E-state index in [0.717, 1.165) is 25.9 Å². The summed E-state index contributed by atoms with van der Waals surface area (Å²) in [5, 5.41) is 12.1. The normalized spacial score (nSPS) is 10.8. The highest BCUT2D eigenvalue weighted by molar-refractivity contribution is 9.10. The van der Waals surface area contributed by atoms with Gasteiger partial charge in [0.15, 0.2) is 0 Å². The molecule has 0 aliphatic carbocycles. The number of hydrogen-bond donors (Lipinski definition) is 1. The smallest absolute Gasteiger partial charge is 0.137 e. The van der Waals surface area contributed by atoms with E-state index in [4.69, 9.17) is 9.84 Å². The number of ether oxygens (including phenoxy) is 1. The minimum absolute atomic E-state index is 0.0523. The van der Waals surface area contributed by atoms with Gasteiger partial charge in [-0.2, -0.15) is 0 Å². The van der Waals surface area contributed by atoms with Crippen LogP contribution in [-0.4, -0.2) is 12.2 Å². The summed E-state index contributed by atoms with van der Waals surface area (Å²) < 4.78 is 7.28. The Morgan fingerprint density at radius 1 is 1.50 bits per heavy atom. The highest BCUT2D eigenvalue weighted by atomic mass is 79.9. The average Bonchev–Trinajstić information content (AvgIpc) is 2.58. The first-order chi connectivity index (χ1) is 6.76. The molecule has 0 saturated carbocycles. The fraction of sp³-hybridized carbons (Fsp3) is 0.200. The number of halogens is 1. The van der Waals surface area contributed by atoms with Crippen LogP contribution in [0.25, 0.3) is 10.1 Å². The van der Waals surface area contributed by atoms with Gasteiger partial charge in [0.2, 0.25) is 0 Å². The van der Waals surface area contributed by atoms with E-state index in [-0.39, 0.29) is 6.61 Å². The second-order valence-electron chi connectivity index (χ2n) is 2.90. The predicted octanol–water partition coefficient (Wildman–Crippen LogP) is 3.16. The van der Waals surface area contributed by atoms with Gasteiger partial charge in [0.1, 0.15) is 5.75 Å². The SMILES string of the molecule is COc1csc2cc(CO)c(Br)cc12. The molecule has 0 aliphatic heterocycles. The van der Waals surface area contributed by atoms with Crippen LogP contribution in [0.5, 0.6) is 5.75 Å². The van der Waals surface area contributed by atoms with Crippen molar-refractivity contribution in [3.8, 4) is 5.75 Å². The van der Waals surface area contributed by atoms with E-state index in [1.807, 2.05) is 17.5 Å². The first kappa shape index (κ1) is 9.96. The van der Waals surface area contributed by atoms with Gasteiger partial charge in [-0.25, -0.2) is 0 Å². The fourth-order valence-electron chi connectivity index (χ4n) is 1.35. The Bertz CT molecular complexity index is 464. The number of methoxy groups -OCH3 is 1. The summed E-state index contributed by atoms with van der Waals surface area (Å²) in [6.07, 6.45) is 0. The van der Waals surface area contributed by atoms with Crippen molar-refractivity contribution < 1.29 is 9.84 Å². The maximum Gasteiger partial charge on any atom is 0.137 e. The molecular weight excluding hydrogens is 264 g/mol. The average molecular weight is 273 g/mol. The van der Waals surface area contributed by atoms with E-state index < -0.39 is 0 Å². The molecule has 1 N–H and O–H groups in total. The molecule has 74 valence electrons. The number of benzene rings is 1. The Morgan fingerprint density at radius 2 is 2.29 bits per heavy atom. The summed E-state index contributed by atoms with van der Waals surface area (Å²) in [6.45, 7) is 0.0523. The van der Waals surface area contributed by atoms with Crippen LogP contribution in [0.15, 0.2) is 22.0 Å². The summed E-state index contributed by atoms with van der Waals surface area (Å²) in [6, 6.07) is 3.96. The zero-order valence-corrected chi connectivity index (χ0v) is 9.98. The molecule has 14 heavy (non-hydrogen) atoms. The summed E-state index contributed by atoms with van der Waals surface area (Å²) >= 11 is 5.03. The zero-order chi connectivity index (χ0) is 10.1. The van der Waals surface area contributed by atoms with E-state index in [1.165, 1.54) is 0 Å². The van der Waals surface area contributed by atoms with Crippen LogP contribution in [0.3, 0.4) is 0 Å². The molecular formula is C10H9BrO2S. The topological polar surface area (TPSA) is 29.5 Å². The fourth-order valence-corrected chi connectivity index (χ4v) is 2.77. The molecule has 0 atom stereocenters. The second-order valence-corrected chi connectivity index (χ2v) is 4.67. The third kappa shape index (κ3) is 1.54. The molecule has 0 spiro atoms. The molecule has 0 saturated heterocycles.